The highest BCUT2D eigenvalue weighted by atomic mass is 16.3. The second kappa shape index (κ2) is 11.6. The summed E-state index contributed by atoms with van der Waals surface area (Å²) in [7, 11) is 0. The van der Waals surface area contributed by atoms with Crippen molar-refractivity contribution in [3.8, 4) is 11.5 Å². The van der Waals surface area contributed by atoms with Gasteiger partial charge >= 0.3 is 0 Å². The Kier molecular flexibility index (Phi) is 9.17. The molecule has 0 bridgehead atoms. The van der Waals surface area contributed by atoms with Crippen LogP contribution in [-0.4, -0.2) is 10.2 Å². The van der Waals surface area contributed by atoms with Gasteiger partial charge < -0.3 is 10.2 Å². The van der Waals surface area contributed by atoms with Gasteiger partial charge in [-0.15, -0.1) is 6.58 Å². The lowest BCUT2D eigenvalue weighted by Crippen LogP contribution is -1.75. The van der Waals surface area contributed by atoms with Crippen LogP contribution in [0.15, 0.2) is 97.6 Å². The van der Waals surface area contributed by atoms with Gasteiger partial charge in [0, 0.05) is 0 Å². The molecular formula is C22H24O2. The minimum Gasteiger partial charge on any atom is -0.508 e. The molecule has 3 aromatic rings. The van der Waals surface area contributed by atoms with E-state index in [1.54, 1.807) is 30.3 Å². The first-order chi connectivity index (χ1) is 11.6. The lowest BCUT2D eigenvalue weighted by molar-refractivity contribution is 0.471. The summed E-state index contributed by atoms with van der Waals surface area (Å²) in [4.78, 5) is 0. The third kappa shape index (κ3) is 8.44. The molecule has 0 aliphatic rings. The van der Waals surface area contributed by atoms with Crippen LogP contribution in [0.4, 0.5) is 0 Å². The largest absolute Gasteiger partial charge is 0.508 e. The van der Waals surface area contributed by atoms with Crippen LogP contribution in [0.5, 0.6) is 11.5 Å². The number of aromatic hydroxyl groups is 2. The van der Waals surface area contributed by atoms with Crippen LogP contribution in [0.1, 0.15) is 11.1 Å². The molecule has 0 radical (unpaired) electrons. The monoisotopic (exact) mass is 320 g/mol. The molecule has 124 valence electrons. The molecule has 0 amide bonds. The molecule has 0 aromatic heterocycles. The van der Waals surface area contributed by atoms with Gasteiger partial charge in [0.25, 0.3) is 0 Å². The Labute approximate surface area is 144 Å². The Hall–Kier alpha value is -3.00. The van der Waals surface area contributed by atoms with Gasteiger partial charge in [-0.05, 0) is 42.7 Å². The number of benzene rings is 3. The molecule has 0 unspecified atom stereocenters. The summed E-state index contributed by atoms with van der Waals surface area (Å²) in [6.07, 6.45) is 2.89. The molecule has 3 rings (SSSR count). The zero-order valence-corrected chi connectivity index (χ0v) is 14.0. The molecule has 0 heterocycles. The Morgan fingerprint density at radius 1 is 0.750 bits per heavy atom. The van der Waals surface area contributed by atoms with E-state index in [2.05, 4.69) is 18.7 Å². The van der Waals surface area contributed by atoms with Gasteiger partial charge in [-0.3, -0.25) is 0 Å². The van der Waals surface area contributed by atoms with Crippen molar-refractivity contribution in [2.45, 2.75) is 13.3 Å². The summed E-state index contributed by atoms with van der Waals surface area (Å²) in [6.45, 7) is 5.53. The van der Waals surface area contributed by atoms with Crippen LogP contribution in [-0.2, 0) is 6.42 Å². The lowest BCUT2D eigenvalue weighted by Gasteiger charge is -1.92. The van der Waals surface area contributed by atoms with Crippen molar-refractivity contribution in [1.82, 2.24) is 0 Å². The van der Waals surface area contributed by atoms with Crippen LogP contribution < -0.4 is 0 Å². The van der Waals surface area contributed by atoms with Crippen molar-refractivity contribution in [2.24, 2.45) is 0 Å². The molecule has 0 aliphatic carbocycles. The van der Waals surface area contributed by atoms with E-state index < -0.39 is 0 Å². The van der Waals surface area contributed by atoms with E-state index in [9.17, 15) is 0 Å². The Morgan fingerprint density at radius 3 is 1.62 bits per heavy atom. The molecule has 2 N–H and O–H groups in total. The molecule has 3 aromatic carbocycles. The van der Waals surface area contributed by atoms with E-state index in [0.29, 0.717) is 11.5 Å². The maximum absolute atomic E-state index is 8.92. The van der Waals surface area contributed by atoms with Crippen molar-refractivity contribution in [3.05, 3.63) is 109 Å². The maximum atomic E-state index is 8.92. The topological polar surface area (TPSA) is 40.5 Å². The molecule has 0 saturated carbocycles. The first-order valence-corrected chi connectivity index (χ1v) is 7.77. The maximum Gasteiger partial charge on any atom is 0.118 e. The number of phenols is 2. The molecule has 0 spiro atoms. The quantitative estimate of drug-likeness (QED) is 0.611. The third-order valence-corrected chi connectivity index (χ3v) is 3.09. The van der Waals surface area contributed by atoms with E-state index in [1.165, 1.54) is 5.56 Å². The molecule has 2 heteroatoms. The van der Waals surface area contributed by atoms with Gasteiger partial charge in [-0.1, -0.05) is 72.8 Å². The summed E-state index contributed by atoms with van der Waals surface area (Å²) in [6, 6.07) is 26.3. The fourth-order valence-electron chi connectivity index (χ4n) is 1.77. The van der Waals surface area contributed by atoms with Gasteiger partial charge in [0.2, 0.25) is 0 Å². The first kappa shape index (κ1) is 19.0. The fraction of sp³-hybridized carbons (Fsp3) is 0.0909. The van der Waals surface area contributed by atoms with Crippen LogP contribution in [0.3, 0.4) is 0 Å². The molecule has 24 heavy (non-hydrogen) atoms. The number of phenolic OH excluding ortho intramolecular Hbond substituents is 2. The Bertz CT molecular complexity index is 670. The van der Waals surface area contributed by atoms with Crippen LogP contribution in [0.25, 0.3) is 0 Å². The highest BCUT2D eigenvalue weighted by Crippen LogP contribution is 2.12. The number of allylic oxidation sites excluding steroid dienone is 1. The minimum atomic E-state index is 0.322. The Morgan fingerprint density at radius 2 is 1.25 bits per heavy atom. The standard InChI is InChI=1S/C9H10.C7H8O.C6H6O/c1-2-6-9-7-4-3-5-8-9;1-6-4-2-3-5-7(6)8;7-6-4-2-1-3-5-6/h2-5,7-8H,1,6H2;2-5,8H,1H3;1-5,7H. The van der Waals surface area contributed by atoms with Gasteiger partial charge in [0.15, 0.2) is 0 Å². The summed E-state index contributed by atoms with van der Waals surface area (Å²) in [5.41, 5.74) is 2.25. The minimum absolute atomic E-state index is 0.322. The summed E-state index contributed by atoms with van der Waals surface area (Å²) < 4.78 is 0. The van der Waals surface area contributed by atoms with Crippen molar-refractivity contribution < 1.29 is 10.2 Å². The summed E-state index contributed by atoms with van der Waals surface area (Å²) in [5, 5.41) is 17.6. The number of rotatable bonds is 2. The molecule has 0 fully saturated rings. The highest BCUT2D eigenvalue weighted by molar-refractivity contribution is 5.29. The van der Waals surface area contributed by atoms with E-state index in [4.69, 9.17) is 10.2 Å². The second-order valence-electron chi connectivity index (χ2n) is 5.10. The zero-order chi connectivity index (χ0) is 17.6. The van der Waals surface area contributed by atoms with E-state index in [0.717, 1.165) is 12.0 Å². The number of aryl methyl sites for hydroxylation is 1. The van der Waals surface area contributed by atoms with Gasteiger partial charge in [0.05, 0.1) is 0 Å². The number of para-hydroxylation sites is 2. The number of hydrogen-bond donors (Lipinski definition) is 2. The van der Waals surface area contributed by atoms with Gasteiger partial charge in [-0.25, -0.2) is 0 Å². The predicted octanol–water partition coefficient (Wildman–Crippen LogP) is 5.51. The fourth-order valence-corrected chi connectivity index (χ4v) is 1.77. The van der Waals surface area contributed by atoms with Crippen LogP contribution in [0.2, 0.25) is 0 Å². The van der Waals surface area contributed by atoms with Gasteiger partial charge in [0.1, 0.15) is 11.5 Å². The van der Waals surface area contributed by atoms with E-state index >= 15 is 0 Å². The highest BCUT2D eigenvalue weighted by Gasteiger charge is 1.87. The zero-order valence-electron chi connectivity index (χ0n) is 14.0. The molecule has 2 nitrogen and oxygen atoms in total. The molecule has 0 aliphatic heterocycles. The van der Waals surface area contributed by atoms with Crippen molar-refractivity contribution >= 4 is 0 Å². The lowest BCUT2D eigenvalue weighted by atomic mass is 10.2. The van der Waals surface area contributed by atoms with Crippen molar-refractivity contribution in [2.75, 3.05) is 0 Å². The van der Waals surface area contributed by atoms with Crippen molar-refractivity contribution in [3.63, 3.8) is 0 Å². The third-order valence-electron chi connectivity index (χ3n) is 3.09. The average Bonchev–Trinajstić information content (AvgIpc) is 2.61. The second-order valence-corrected chi connectivity index (χ2v) is 5.10. The molecule has 0 saturated heterocycles. The smallest absolute Gasteiger partial charge is 0.118 e. The van der Waals surface area contributed by atoms with Gasteiger partial charge in [-0.2, -0.15) is 0 Å². The first-order valence-electron chi connectivity index (χ1n) is 7.77. The van der Waals surface area contributed by atoms with Crippen LogP contribution in [0, 0.1) is 6.92 Å². The Balaban J connectivity index is 0.000000181. The average molecular weight is 320 g/mol. The molecular weight excluding hydrogens is 296 g/mol. The normalized spacial score (nSPS) is 8.88. The molecule has 0 atom stereocenters. The summed E-state index contributed by atoms with van der Waals surface area (Å²) >= 11 is 0. The van der Waals surface area contributed by atoms with E-state index in [1.807, 2.05) is 55.5 Å². The van der Waals surface area contributed by atoms with Crippen molar-refractivity contribution in [1.29, 1.82) is 0 Å². The summed E-state index contributed by atoms with van der Waals surface area (Å²) in [5.74, 6) is 0.690. The SMILES string of the molecule is C=CCc1ccccc1.Cc1ccccc1O.Oc1ccccc1. The van der Waals surface area contributed by atoms with Crippen LogP contribution >= 0.6 is 0 Å². The van der Waals surface area contributed by atoms with E-state index in [-0.39, 0.29) is 0 Å². The number of hydrogen-bond acceptors (Lipinski definition) is 2. The predicted molar refractivity (Wildman–Crippen MR) is 101 cm³/mol.